The fourth-order valence-electron chi connectivity index (χ4n) is 3.34. The van der Waals surface area contributed by atoms with E-state index < -0.39 is 0 Å². The summed E-state index contributed by atoms with van der Waals surface area (Å²) >= 11 is 0. The van der Waals surface area contributed by atoms with Crippen molar-refractivity contribution in [3.63, 3.8) is 0 Å². The van der Waals surface area contributed by atoms with Crippen LogP contribution >= 0.6 is 0 Å². The van der Waals surface area contributed by atoms with E-state index in [1.807, 2.05) is 30.3 Å². The van der Waals surface area contributed by atoms with E-state index in [0.29, 0.717) is 0 Å². The number of ether oxygens (including phenoxy) is 2. The molecule has 0 spiro atoms. The summed E-state index contributed by atoms with van der Waals surface area (Å²) < 4.78 is 11.7. The SMILES string of the molecule is CN(C)CCC(Oc1ccccc1)c1ccc(CCN2CCOCC2)cc1. The second kappa shape index (κ2) is 10.5. The molecule has 2 aromatic carbocycles. The van der Waals surface area contributed by atoms with Crippen molar-refractivity contribution in [3.8, 4) is 5.75 Å². The van der Waals surface area contributed by atoms with Crippen LogP contribution in [-0.2, 0) is 11.2 Å². The Morgan fingerprint density at radius 1 is 1.00 bits per heavy atom. The first-order valence-corrected chi connectivity index (χ1v) is 9.96. The molecule has 3 rings (SSSR count). The average molecular weight is 369 g/mol. The lowest BCUT2D eigenvalue weighted by Gasteiger charge is -2.26. The summed E-state index contributed by atoms with van der Waals surface area (Å²) in [6.45, 7) is 5.93. The van der Waals surface area contributed by atoms with Gasteiger partial charge in [0, 0.05) is 32.6 Å². The van der Waals surface area contributed by atoms with Gasteiger partial charge in [0.05, 0.1) is 13.2 Å². The molecule has 0 aliphatic carbocycles. The Kier molecular flexibility index (Phi) is 7.69. The minimum Gasteiger partial charge on any atom is -0.486 e. The molecule has 0 bridgehead atoms. The summed E-state index contributed by atoms with van der Waals surface area (Å²) in [6, 6.07) is 19.1. The predicted molar refractivity (Wildman–Crippen MR) is 110 cm³/mol. The van der Waals surface area contributed by atoms with Crippen LogP contribution in [0.15, 0.2) is 54.6 Å². The van der Waals surface area contributed by atoms with E-state index in [1.54, 1.807) is 0 Å². The Labute approximate surface area is 163 Å². The number of nitrogens with zero attached hydrogens (tertiary/aromatic N) is 2. The lowest BCUT2D eigenvalue weighted by atomic mass is 10.0. The molecule has 1 heterocycles. The van der Waals surface area contributed by atoms with Crippen molar-refractivity contribution in [2.45, 2.75) is 18.9 Å². The molecule has 0 radical (unpaired) electrons. The lowest BCUT2D eigenvalue weighted by molar-refractivity contribution is 0.0384. The van der Waals surface area contributed by atoms with Gasteiger partial charge in [-0.25, -0.2) is 0 Å². The number of hydrogen-bond acceptors (Lipinski definition) is 4. The fraction of sp³-hybridized carbons (Fsp3) is 0.478. The van der Waals surface area contributed by atoms with E-state index in [1.165, 1.54) is 11.1 Å². The Balaban J connectivity index is 1.60. The monoisotopic (exact) mass is 368 g/mol. The second-order valence-electron chi connectivity index (χ2n) is 7.46. The van der Waals surface area contributed by atoms with Gasteiger partial charge in [0.15, 0.2) is 0 Å². The number of benzene rings is 2. The first-order valence-electron chi connectivity index (χ1n) is 9.96. The minimum absolute atomic E-state index is 0.0723. The van der Waals surface area contributed by atoms with Crippen LogP contribution in [0, 0.1) is 0 Å². The van der Waals surface area contributed by atoms with E-state index in [4.69, 9.17) is 9.47 Å². The van der Waals surface area contributed by atoms with E-state index in [0.717, 1.165) is 58.0 Å². The van der Waals surface area contributed by atoms with E-state index in [-0.39, 0.29) is 6.10 Å². The van der Waals surface area contributed by atoms with Crippen LogP contribution in [-0.4, -0.2) is 63.3 Å². The maximum Gasteiger partial charge on any atom is 0.125 e. The molecule has 0 amide bonds. The van der Waals surface area contributed by atoms with Gasteiger partial charge in [-0.3, -0.25) is 4.90 Å². The van der Waals surface area contributed by atoms with Gasteiger partial charge in [0.25, 0.3) is 0 Å². The Morgan fingerprint density at radius 3 is 2.37 bits per heavy atom. The van der Waals surface area contributed by atoms with Crippen LogP contribution in [0.2, 0.25) is 0 Å². The first kappa shape index (κ1) is 19.9. The second-order valence-corrected chi connectivity index (χ2v) is 7.46. The van der Waals surface area contributed by atoms with Crippen molar-refractivity contribution in [1.82, 2.24) is 9.80 Å². The first-order chi connectivity index (χ1) is 13.2. The largest absolute Gasteiger partial charge is 0.486 e. The quantitative estimate of drug-likeness (QED) is 0.675. The van der Waals surface area contributed by atoms with Crippen LogP contribution in [0.5, 0.6) is 5.75 Å². The highest BCUT2D eigenvalue weighted by molar-refractivity contribution is 5.27. The Bertz CT molecular complexity index is 652. The highest BCUT2D eigenvalue weighted by Crippen LogP contribution is 2.25. The highest BCUT2D eigenvalue weighted by Gasteiger charge is 2.15. The number of hydrogen-bond donors (Lipinski definition) is 0. The molecule has 1 unspecified atom stereocenters. The minimum atomic E-state index is 0.0723. The van der Waals surface area contributed by atoms with Crippen molar-refractivity contribution in [2.75, 3.05) is 53.5 Å². The van der Waals surface area contributed by atoms with Crippen molar-refractivity contribution in [1.29, 1.82) is 0 Å². The molecular weight excluding hydrogens is 336 g/mol. The Morgan fingerprint density at radius 2 is 1.70 bits per heavy atom. The molecule has 1 fully saturated rings. The molecule has 27 heavy (non-hydrogen) atoms. The predicted octanol–water partition coefficient (Wildman–Crippen LogP) is 3.63. The molecule has 146 valence electrons. The molecule has 4 heteroatoms. The molecule has 4 nitrogen and oxygen atoms in total. The van der Waals surface area contributed by atoms with Gasteiger partial charge in [-0.05, 0) is 43.8 Å². The molecule has 2 aromatic rings. The molecule has 0 aromatic heterocycles. The van der Waals surface area contributed by atoms with Gasteiger partial charge < -0.3 is 14.4 Å². The van der Waals surface area contributed by atoms with Crippen molar-refractivity contribution in [3.05, 3.63) is 65.7 Å². The molecule has 1 saturated heterocycles. The molecule has 1 aliphatic heterocycles. The summed E-state index contributed by atoms with van der Waals surface area (Å²) in [7, 11) is 4.21. The summed E-state index contributed by atoms with van der Waals surface area (Å²) in [5.41, 5.74) is 2.63. The van der Waals surface area contributed by atoms with Crippen molar-refractivity contribution >= 4 is 0 Å². The van der Waals surface area contributed by atoms with Gasteiger partial charge in [-0.1, -0.05) is 42.5 Å². The summed E-state index contributed by atoms with van der Waals surface area (Å²) in [5.74, 6) is 0.928. The van der Waals surface area contributed by atoms with Gasteiger partial charge >= 0.3 is 0 Å². The molecule has 0 saturated carbocycles. The molecule has 1 aliphatic rings. The van der Waals surface area contributed by atoms with Crippen LogP contribution in [0.4, 0.5) is 0 Å². The van der Waals surface area contributed by atoms with E-state index >= 15 is 0 Å². The van der Waals surface area contributed by atoms with Crippen molar-refractivity contribution in [2.24, 2.45) is 0 Å². The number of para-hydroxylation sites is 1. The van der Waals surface area contributed by atoms with Crippen molar-refractivity contribution < 1.29 is 9.47 Å². The zero-order valence-corrected chi connectivity index (χ0v) is 16.6. The highest BCUT2D eigenvalue weighted by atomic mass is 16.5. The smallest absolute Gasteiger partial charge is 0.125 e. The number of rotatable bonds is 9. The normalized spacial score (nSPS) is 16.4. The van der Waals surface area contributed by atoms with Gasteiger partial charge in [0.1, 0.15) is 11.9 Å². The fourth-order valence-corrected chi connectivity index (χ4v) is 3.34. The van der Waals surface area contributed by atoms with Crippen LogP contribution in [0.1, 0.15) is 23.7 Å². The third-order valence-electron chi connectivity index (χ3n) is 5.03. The summed E-state index contributed by atoms with van der Waals surface area (Å²) in [4.78, 5) is 4.69. The lowest BCUT2D eigenvalue weighted by Crippen LogP contribution is -2.37. The van der Waals surface area contributed by atoms with Gasteiger partial charge in [-0.15, -0.1) is 0 Å². The van der Waals surface area contributed by atoms with Gasteiger partial charge in [0.2, 0.25) is 0 Å². The zero-order chi connectivity index (χ0) is 18.9. The maximum absolute atomic E-state index is 6.30. The van der Waals surface area contributed by atoms with Crippen LogP contribution in [0.3, 0.4) is 0 Å². The molecule has 0 N–H and O–H groups in total. The summed E-state index contributed by atoms with van der Waals surface area (Å²) in [6.07, 6.45) is 2.13. The van der Waals surface area contributed by atoms with Gasteiger partial charge in [-0.2, -0.15) is 0 Å². The average Bonchev–Trinajstić information content (AvgIpc) is 2.71. The third kappa shape index (κ3) is 6.65. The van der Waals surface area contributed by atoms with Crippen LogP contribution in [0.25, 0.3) is 0 Å². The number of morpholine rings is 1. The molecular formula is C23H32N2O2. The summed E-state index contributed by atoms with van der Waals surface area (Å²) in [5, 5.41) is 0. The zero-order valence-electron chi connectivity index (χ0n) is 16.6. The Hall–Kier alpha value is -1.88. The van der Waals surface area contributed by atoms with Crippen LogP contribution < -0.4 is 4.74 Å². The molecule has 1 atom stereocenters. The maximum atomic E-state index is 6.30. The topological polar surface area (TPSA) is 24.9 Å². The van der Waals surface area contributed by atoms with E-state index in [9.17, 15) is 0 Å². The van der Waals surface area contributed by atoms with E-state index in [2.05, 4.69) is 48.2 Å². The standard InChI is InChI=1S/C23H32N2O2/c1-24(2)14-13-23(27-22-6-4-3-5-7-22)21-10-8-20(9-11-21)12-15-25-16-18-26-19-17-25/h3-11,23H,12-19H2,1-2H3. The third-order valence-corrected chi connectivity index (χ3v) is 5.03.